The highest BCUT2D eigenvalue weighted by atomic mass is 35.5. The number of fused-ring (bicyclic) bond motifs is 1. The monoisotopic (exact) mass is 399 g/mol. The third kappa shape index (κ3) is 3.42. The van der Waals surface area contributed by atoms with Crippen LogP contribution in [0.3, 0.4) is 0 Å². The lowest BCUT2D eigenvalue weighted by molar-refractivity contribution is -0.391. The third-order valence-corrected chi connectivity index (χ3v) is 4.43. The molecule has 3 aromatic heterocycles. The molecule has 4 aromatic rings. The summed E-state index contributed by atoms with van der Waals surface area (Å²) in [6.07, 6.45) is 4.64. The van der Waals surface area contributed by atoms with Crippen LogP contribution in [-0.4, -0.2) is 34.5 Å². The zero-order valence-electron chi connectivity index (χ0n) is 14.7. The summed E-state index contributed by atoms with van der Waals surface area (Å²) in [7, 11) is 1.57. The molecule has 0 saturated heterocycles. The number of hydrogen-bond donors (Lipinski definition) is 0. The Labute approximate surface area is 163 Å². The molecule has 0 unspecified atom stereocenters. The summed E-state index contributed by atoms with van der Waals surface area (Å²) < 4.78 is 8.60. The molecule has 0 N–H and O–H groups in total. The lowest BCUT2D eigenvalue weighted by Gasteiger charge is -2.05. The van der Waals surface area contributed by atoms with E-state index in [2.05, 4.69) is 20.3 Å². The van der Waals surface area contributed by atoms with E-state index in [0.717, 1.165) is 16.6 Å². The van der Waals surface area contributed by atoms with Crippen LogP contribution in [0.5, 0.6) is 0 Å². The molecule has 0 fully saturated rings. The first-order chi connectivity index (χ1) is 13.5. The van der Waals surface area contributed by atoms with Crippen LogP contribution >= 0.6 is 11.6 Å². The summed E-state index contributed by atoms with van der Waals surface area (Å²) in [6, 6.07) is 7.30. The number of benzene rings is 1. The van der Waals surface area contributed by atoms with Crippen molar-refractivity contribution in [1.29, 1.82) is 0 Å². The predicted octanol–water partition coefficient (Wildman–Crippen LogP) is 2.83. The van der Waals surface area contributed by atoms with Crippen LogP contribution in [0, 0.1) is 10.1 Å². The number of hydrogen-bond acceptors (Lipinski definition) is 7. The number of pyridine rings is 1. The minimum atomic E-state index is -0.492. The molecule has 11 heteroatoms. The van der Waals surface area contributed by atoms with Gasteiger partial charge in [0.25, 0.3) is 0 Å². The van der Waals surface area contributed by atoms with Crippen LogP contribution in [0.15, 0.2) is 42.9 Å². The Morgan fingerprint density at radius 3 is 2.89 bits per heavy atom. The molecule has 28 heavy (non-hydrogen) atoms. The van der Waals surface area contributed by atoms with E-state index in [-0.39, 0.29) is 19.0 Å². The molecule has 4 rings (SSSR count). The van der Waals surface area contributed by atoms with Gasteiger partial charge in [-0.1, -0.05) is 16.8 Å². The highest BCUT2D eigenvalue weighted by molar-refractivity contribution is 6.31. The lowest BCUT2D eigenvalue weighted by atomic mass is 10.2. The first kappa shape index (κ1) is 18.0. The van der Waals surface area contributed by atoms with Gasteiger partial charge in [-0.3, -0.25) is 4.98 Å². The lowest BCUT2D eigenvalue weighted by Crippen LogP contribution is -2.04. The third-order valence-electron chi connectivity index (χ3n) is 4.20. The van der Waals surface area contributed by atoms with E-state index in [4.69, 9.17) is 16.3 Å². The van der Waals surface area contributed by atoms with Crippen molar-refractivity contribution in [3.8, 4) is 5.69 Å². The van der Waals surface area contributed by atoms with Crippen LogP contribution in [0.1, 0.15) is 11.5 Å². The summed E-state index contributed by atoms with van der Waals surface area (Å²) >= 11 is 6.02. The van der Waals surface area contributed by atoms with Gasteiger partial charge in [0.15, 0.2) is 0 Å². The molecule has 1 aromatic carbocycles. The fraction of sp³-hybridized carbons (Fsp3) is 0.176. The molecule has 0 saturated carbocycles. The van der Waals surface area contributed by atoms with Gasteiger partial charge in [0.1, 0.15) is 18.5 Å². The highest BCUT2D eigenvalue weighted by Crippen LogP contribution is 2.23. The number of aromatic nitrogens is 6. The maximum Gasteiger partial charge on any atom is 0.342 e. The Bertz CT molecular complexity index is 1170. The van der Waals surface area contributed by atoms with Crippen LogP contribution in [0.2, 0.25) is 5.02 Å². The smallest absolute Gasteiger partial charge is 0.342 e. The number of halogens is 1. The number of ether oxygens (including phenoxy) is 1. The second kappa shape index (κ2) is 7.33. The van der Waals surface area contributed by atoms with Gasteiger partial charge >= 0.3 is 5.82 Å². The first-order valence-corrected chi connectivity index (χ1v) is 8.59. The van der Waals surface area contributed by atoms with E-state index in [9.17, 15) is 10.1 Å². The van der Waals surface area contributed by atoms with Crippen molar-refractivity contribution in [2.45, 2.75) is 13.2 Å². The Morgan fingerprint density at radius 2 is 2.11 bits per heavy atom. The van der Waals surface area contributed by atoms with Crippen LogP contribution in [0.4, 0.5) is 5.82 Å². The standard InChI is InChI=1S/C17H14ClN7O3/c1-23-16(20-7-17(23)25(26)27)10-28-9-12-8-24(22-21-12)15-4-5-19-14-6-11(18)2-3-13(14)15/h2-8H,9-10H2,1H3. The topological polar surface area (TPSA) is 114 Å². The van der Waals surface area contributed by atoms with Gasteiger partial charge < -0.3 is 14.9 Å². The van der Waals surface area contributed by atoms with Crippen molar-refractivity contribution >= 4 is 28.3 Å². The van der Waals surface area contributed by atoms with Crippen LogP contribution < -0.4 is 0 Å². The second-order valence-corrected chi connectivity index (χ2v) is 6.42. The maximum atomic E-state index is 10.9. The molecule has 0 bridgehead atoms. The fourth-order valence-electron chi connectivity index (χ4n) is 2.78. The minimum Gasteiger partial charge on any atom is -0.365 e. The average Bonchev–Trinajstić information content (AvgIpc) is 3.28. The van der Waals surface area contributed by atoms with Gasteiger partial charge in [0, 0.05) is 16.6 Å². The van der Waals surface area contributed by atoms with E-state index in [1.807, 2.05) is 12.1 Å². The molecule has 0 spiro atoms. The first-order valence-electron chi connectivity index (χ1n) is 8.21. The predicted molar refractivity (Wildman–Crippen MR) is 100 cm³/mol. The van der Waals surface area contributed by atoms with E-state index in [0.29, 0.717) is 16.5 Å². The number of rotatable bonds is 6. The average molecular weight is 400 g/mol. The van der Waals surface area contributed by atoms with E-state index >= 15 is 0 Å². The van der Waals surface area contributed by atoms with Gasteiger partial charge in [-0.2, -0.15) is 0 Å². The zero-order chi connectivity index (χ0) is 19.7. The Hall–Kier alpha value is -3.37. The van der Waals surface area contributed by atoms with Crippen molar-refractivity contribution in [2.24, 2.45) is 7.05 Å². The maximum absolute atomic E-state index is 10.9. The normalized spacial score (nSPS) is 11.2. The Balaban J connectivity index is 1.48. The zero-order valence-corrected chi connectivity index (χ0v) is 15.4. The molecule has 0 atom stereocenters. The molecule has 0 radical (unpaired) electrons. The van der Waals surface area contributed by atoms with Gasteiger partial charge in [-0.15, -0.1) is 5.10 Å². The Kier molecular flexibility index (Phi) is 4.72. The molecule has 0 aliphatic heterocycles. The second-order valence-electron chi connectivity index (χ2n) is 5.99. The van der Waals surface area contributed by atoms with Gasteiger partial charge in [0.2, 0.25) is 5.82 Å². The van der Waals surface area contributed by atoms with Gasteiger partial charge in [0.05, 0.1) is 31.1 Å². The van der Waals surface area contributed by atoms with Crippen molar-refractivity contribution in [2.75, 3.05) is 0 Å². The number of imidazole rings is 1. The molecule has 142 valence electrons. The van der Waals surface area contributed by atoms with E-state index in [1.54, 1.807) is 36.3 Å². The summed E-state index contributed by atoms with van der Waals surface area (Å²) in [6.45, 7) is 0.309. The van der Waals surface area contributed by atoms with E-state index < -0.39 is 4.92 Å². The van der Waals surface area contributed by atoms with Gasteiger partial charge in [-0.05, 0) is 29.2 Å². The van der Waals surface area contributed by atoms with Gasteiger partial charge in [-0.25, -0.2) is 14.2 Å². The summed E-state index contributed by atoms with van der Waals surface area (Å²) in [4.78, 5) is 18.7. The number of nitro groups is 1. The fourth-order valence-corrected chi connectivity index (χ4v) is 2.94. The van der Waals surface area contributed by atoms with E-state index in [1.165, 1.54) is 10.8 Å². The summed E-state index contributed by atoms with van der Waals surface area (Å²) in [5, 5.41) is 20.6. The van der Waals surface area contributed by atoms with Crippen molar-refractivity contribution in [3.05, 3.63) is 69.5 Å². The molecular weight excluding hydrogens is 386 g/mol. The summed E-state index contributed by atoms with van der Waals surface area (Å²) in [5.41, 5.74) is 2.19. The van der Waals surface area contributed by atoms with Crippen molar-refractivity contribution in [3.63, 3.8) is 0 Å². The molecular formula is C17H14ClN7O3. The van der Waals surface area contributed by atoms with Crippen LogP contribution in [-0.2, 0) is 25.0 Å². The quantitative estimate of drug-likeness (QED) is 0.361. The highest BCUT2D eigenvalue weighted by Gasteiger charge is 2.16. The van der Waals surface area contributed by atoms with Crippen molar-refractivity contribution < 1.29 is 9.66 Å². The van der Waals surface area contributed by atoms with Crippen LogP contribution in [0.25, 0.3) is 16.6 Å². The molecule has 0 aliphatic carbocycles. The summed E-state index contributed by atoms with van der Waals surface area (Å²) in [5.74, 6) is 0.366. The molecule has 0 aliphatic rings. The molecule has 3 heterocycles. The molecule has 0 amide bonds. The largest absolute Gasteiger partial charge is 0.365 e. The molecule has 10 nitrogen and oxygen atoms in total. The van der Waals surface area contributed by atoms with Crippen molar-refractivity contribution in [1.82, 2.24) is 29.5 Å². The minimum absolute atomic E-state index is 0.0887. The number of nitrogens with zero attached hydrogens (tertiary/aromatic N) is 7. The SMILES string of the molecule is Cn1c([N+](=O)[O-])cnc1COCc1cn(-c2ccnc3cc(Cl)ccc23)nn1. The Morgan fingerprint density at radius 1 is 1.25 bits per heavy atom.